The average Bonchev–Trinajstić information content (AvgIpc) is 2.85. The zero-order chi connectivity index (χ0) is 29.7. The minimum Gasteiger partial charge on any atom is -0.391 e. The first kappa shape index (κ1) is 31.0. The lowest BCUT2D eigenvalue weighted by molar-refractivity contribution is -0.0429. The fraction of sp³-hybridized carbons (Fsp3) is 0.296. The number of hydrogen-bond acceptors (Lipinski definition) is 5. The Kier molecular flexibility index (Phi) is 9.87. The van der Waals surface area contributed by atoms with E-state index in [9.17, 15) is 40.3 Å². The summed E-state index contributed by atoms with van der Waals surface area (Å²) in [4.78, 5) is 12.2. The van der Waals surface area contributed by atoms with Crippen molar-refractivity contribution in [1.82, 2.24) is 5.32 Å². The van der Waals surface area contributed by atoms with Crippen LogP contribution in [-0.4, -0.2) is 37.6 Å². The van der Waals surface area contributed by atoms with Crippen molar-refractivity contribution in [3.63, 3.8) is 0 Å². The Morgan fingerprint density at radius 3 is 2.23 bits per heavy atom. The van der Waals surface area contributed by atoms with Crippen LogP contribution in [0.4, 0.5) is 27.6 Å². The lowest BCUT2D eigenvalue weighted by Gasteiger charge is -2.26. The number of amides is 1. The van der Waals surface area contributed by atoms with Crippen LogP contribution in [0, 0.1) is 11.6 Å². The zero-order valence-corrected chi connectivity index (χ0v) is 22.1. The summed E-state index contributed by atoms with van der Waals surface area (Å²) < 4.78 is 91.5. The molecule has 0 bridgehead atoms. The molecule has 7 nitrogen and oxygen atoms in total. The number of nitrogens with two attached hydrogens (primary N) is 1. The number of rotatable bonds is 12. The van der Waals surface area contributed by atoms with E-state index >= 15 is 0 Å². The summed E-state index contributed by atoms with van der Waals surface area (Å²) >= 11 is 0. The summed E-state index contributed by atoms with van der Waals surface area (Å²) in [5, 5.41) is 14.2. The highest BCUT2D eigenvalue weighted by molar-refractivity contribution is 7.93. The molecule has 0 fully saturated rings. The number of anilines is 1. The molecule has 0 unspecified atom stereocenters. The quantitative estimate of drug-likeness (QED) is 0.235. The van der Waals surface area contributed by atoms with Crippen molar-refractivity contribution in [3.05, 3.63) is 100 Å². The Morgan fingerprint density at radius 1 is 0.975 bits per heavy atom. The number of nitrogens with one attached hydrogen (secondary N) is 2. The van der Waals surface area contributed by atoms with Crippen LogP contribution < -0.4 is 15.8 Å². The molecule has 0 saturated heterocycles. The Hall–Kier alpha value is -3.55. The fourth-order valence-electron chi connectivity index (χ4n) is 4.27. The number of alkyl halides is 3. The van der Waals surface area contributed by atoms with Crippen molar-refractivity contribution in [3.8, 4) is 0 Å². The molecule has 13 heteroatoms. The molecule has 0 aliphatic carbocycles. The second-order valence-corrected chi connectivity index (χ2v) is 10.9. The van der Waals surface area contributed by atoms with Gasteiger partial charge in [-0.05, 0) is 65.4 Å². The van der Waals surface area contributed by atoms with Crippen molar-refractivity contribution >= 4 is 21.6 Å². The Bertz CT molecular complexity index is 1440. The van der Waals surface area contributed by atoms with E-state index in [2.05, 4.69) is 5.32 Å². The standard InChI is InChI=1S/C27H28F5N3O4S/c1-2-16-4-3-5-17(8-16)14-34-15-25(36)24(11-18-9-19(28)12-20(29)10-18)23-13-21(6-7-22(23)26(33)37)35-40(38,39)27(30,31)32/h3-10,12-13,24-25,34-36H,2,11,14-15H2,1H3,(H2,33,37)/t24-,25-/m0/s1. The van der Waals surface area contributed by atoms with Crippen LogP contribution in [0.5, 0.6) is 0 Å². The number of carbonyl (C=O) groups excluding carboxylic acids is 1. The maximum absolute atomic E-state index is 13.9. The van der Waals surface area contributed by atoms with Gasteiger partial charge in [0.15, 0.2) is 0 Å². The number of benzene rings is 3. The van der Waals surface area contributed by atoms with Crippen molar-refractivity contribution in [2.24, 2.45) is 5.73 Å². The average molecular weight is 586 g/mol. The first-order valence-corrected chi connectivity index (χ1v) is 13.6. The molecule has 216 valence electrons. The van der Waals surface area contributed by atoms with Gasteiger partial charge in [-0.3, -0.25) is 9.52 Å². The van der Waals surface area contributed by atoms with Crippen molar-refractivity contribution in [2.45, 2.75) is 43.8 Å². The number of hydrogen-bond donors (Lipinski definition) is 4. The van der Waals surface area contributed by atoms with Gasteiger partial charge in [0.2, 0.25) is 5.91 Å². The largest absolute Gasteiger partial charge is 0.516 e. The molecule has 0 heterocycles. The van der Waals surface area contributed by atoms with E-state index < -0.39 is 50.8 Å². The number of carbonyl (C=O) groups is 1. The van der Waals surface area contributed by atoms with Crippen molar-refractivity contribution in [1.29, 1.82) is 0 Å². The number of aryl methyl sites for hydroxylation is 1. The molecule has 0 aliphatic rings. The van der Waals surface area contributed by atoms with E-state index in [0.717, 1.165) is 47.9 Å². The van der Waals surface area contributed by atoms with Gasteiger partial charge in [0.1, 0.15) is 11.6 Å². The van der Waals surface area contributed by atoms with E-state index in [0.29, 0.717) is 12.6 Å². The minimum atomic E-state index is -5.81. The summed E-state index contributed by atoms with van der Waals surface area (Å²) in [5.74, 6) is -3.96. The SMILES string of the molecule is CCc1cccc(CNC[C@H](O)[C@@H](Cc2cc(F)cc(F)c2)c2cc(NS(=O)(=O)C(F)(F)F)ccc2C(N)=O)c1. The highest BCUT2D eigenvalue weighted by atomic mass is 32.2. The predicted molar refractivity (Wildman–Crippen MR) is 140 cm³/mol. The van der Waals surface area contributed by atoms with Crippen LogP contribution in [0.3, 0.4) is 0 Å². The van der Waals surface area contributed by atoms with Crippen LogP contribution in [0.15, 0.2) is 60.7 Å². The molecular weight excluding hydrogens is 557 g/mol. The summed E-state index contributed by atoms with van der Waals surface area (Å²) in [6.07, 6.45) is -0.806. The summed E-state index contributed by atoms with van der Waals surface area (Å²) in [6, 6.07) is 13.2. The molecule has 0 aromatic heterocycles. The molecule has 3 rings (SSSR count). The van der Waals surface area contributed by atoms with Crippen LogP contribution in [0.2, 0.25) is 0 Å². The van der Waals surface area contributed by atoms with Gasteiger partial charge >= 0.3 is 15.5 Å². The van der Waals surface area contributed by atoms with Gasteiger partial charge in [0.05, 0.1) is 6.10 Å². The maximum Gasteiger partial charge on any atom is 0.516 e. The Labute approximate surface area is 228 Å². The van der Waals surface area contributed by atoms with E-state index in [1.807, 2.05) is 31.2 Å². The van der Waals surface area contributed by atoms with Crippen LogP contribution in [0.1, 0.15) is 45.5 Å². The van der Waals surface area contributed by atoms with Gasteiger partial charge in [0, 0.05) is 36.3 Å². The molecule has 0 spiro atoms. The van der Waals surface area contributed by atoms with Gasteiger partial charge in [0.25, 0.3) is 0 Å². The second-order valence-electron chi connectivity index (χ2n) is 9.18. The smallest absolute Gasteiger partial charge is 0.391 e. The molecule has 5 N–H and O–H groups in total. The Morgan fingerprint density at radius 2 is 1.62 bits per heavy atom. The second kappa shape index (κ2) is 12.7. The lowest BCUT2D eigenvalue weighted by Crippen LogP contribution is -2.34. The third-order valence-corrected chi connectivity index (χ3v) is 7.31. The molecule has 1 amide bonds. The third kappa shape index (κ3) is 7.99. The Balaban J connectivity index is 1.99. The molecular formula is C27H28F5N3O4S. The predicted octanol–water partition coefficient (Wildman–Crippen LogP) is 4.36. The van der Waals surface area contributed by atoms with Gasteiger partial charge in [-0.15, -0.1) is 0 Å². The van der Waals surface area contributed by atoms with Crippen molar-refractivity contribution < 1.29 is 40.3 Å². The van der Waals surface area contributed by atoms with E-state index in [1.165, 1.54) is 4.72 Å². The monoisotopic (exact) mass is 585 g/mol. The number of sulfonamides is 1. The summed E-state index contributed by atoms with van der Waals surface area (Å²) in [6.45, 7) is 2.23. The minimum absolute atomic E-state index is 0.0777. The van der Waals surface area contributed by atoms with Crippen LogP contribution in [0.25, 0.3) is 0 Å². The van der Waals surface area contributed by atoms with E-state index in [4.69, 9.17) is 5.73 Å². The lowest BCUT2D eigenvalue weighted by atomic mass is 9.84. The fourth-order valence-corrected chi connectivity index (χ4v) is 4.83. The van der Waals surface area contributed by atoms with Gasteiger partial charge < -0.3 is 16.2 Å². The van der Waals surface area contributed by atoms with E-state index in [1.54, 1.807) is 0 Å². The zero-order valence-electron chi connectivity index (χ0n) is 21.3. The molecule has 0 saturated carbocycles. The van der Waals surface area contributed by atoms with Gasteiger partial charge in [-0.25, -0.2) is 8.78 Å². The highest BCUT2D eigenvalue weighted by Crippen LogP contribution is 2.32. The summed E-state index contributed by atoms with van der Waals surface area (Å²) in [5.41, 5.74) is 1.06. The summed E-state index contributed by atoms with van der Waals surface area (Å²) in [7, 11) is -5.81. The molecule has 0 aliphatic heterocycles. The van der Waals surface area contributed by atoms with E-state index in [-0.39, 0.29) is 29.7 Å². The highest BCUT2D eigenvalue weighted by Gasteiger charge is 2.46. The van der Waals surface area contributed by atoms with Gasteiger partial charge in [-0.1, -0.05) is 31.2 Å². The van der Waals surface area contributed by atoms with Crippen molar-refractivity contribution in [2.75, 3.05) is 11.3 Å². The number of aliphatic hydroxyl groups is 1. The van der Waals surface area contributed by atoms with Crippen LogP contribution in [-0.2, 0) is 29.4 Å². The number of aliphatic hydroxyl groups excluding tert-OH is 1. The molecule has 0 radical (unpaired) electrons. The maximum atomic E-state index is 13.9. The molecule has 2 atom stereocenters. The number of halogens is 5. The van der Waals surface area contributed by atoms with Crippen LogP contribution >= 0.6 is 0 Å². The third-order valence-electron chi connectivity index (χ3n) is 6.20. The topological polar surface area (TPSA) is 122 Å². The first-order chi connectivity index (χ1) is 18.7. The van der Waals surface area contributed by atoms with Gasteiger partial charge in [-0.2, -0.15) is 21.6 Å². The number of primary amides is 1. The molecule has 40 heavy (non-hydrogen) atoms. The first-order valence-electron chi connectivity index (χ1n) is 12.1. The molecule has 3 aromatic carbocycles. The normalized spacial score (nSPS) is 13.6. The molecule has 3 aromatic rings.